The first-order chi connectivity index (χ1) is 11.1. The number of fused-ring (bicyclic) bond motifs is 2. The highest BCUT2D eigenvalue weighted by molar-refractivity contribution is 5.94. The molecule has 2 fully saturated rings. The van der Waals surface area contributed by atoms with Crippen molar-refractivity contribution in [1.82, 2.24) is 10.2 Å². The molecule has 0 radical (unpaired) electrons. The first-order valence-electron chi connectivity index (χ1n) is 8.41. The molecule has 0 unspecified atom stereocenters. The molecular weight excluding hydrogens is 292 g/mol. The summed E-state index contributed by atoms with van der Waals surface area (Å²) >= 11 is 0. The molecule has 5 nitrogen and oxygen atoms in total. The monoisotopic (exact) mass is 314 g/mol. The second-order valence-corrected chi connectivity index (χ2v) is 6.99. The van der Waals surface area contributed by atoms with E-state index in [9.17, 15) is 9.59 Å². The number of hydrogen-bond acceptors (Lipinski definition) is 3. The molecule has 3 aliphatic rings. The summed E-state index contributed by atoms with van der Waals surface area (Å²) in [4.78, 5) is 26.2. The summed E-state index contributed by atoms with van der Waals surface area (Å²) in [5, 5.41) is 2.95. The predicted molar refractivity (Wildman–Crippen MR) is 85.4 cm³/mol. The Kier molecular flexibility index (Phi) is 3.51. The van der Waals surface area contributed by atoms with Crippen molar-refractivity contribution in [1.29, 1.82) is 0 Å². The van der Waals surface area contributed by atoms with Crippen molar-refractivity contribution in [3.63, 3.8) is 0 Å². The first-order valence-corrected chi connectivity index (χ1v) is 8.41. The number of piperidine rings is 1. The Morgan fingerprint density at radius 1 is 1.30 bits per heavy atom. The predicted octanol–water partition coefficient (Wildman–Crippen LogP) is 1.61. The highest BCUT2D eigenvalue weighted by atomic mass is 16.5. The van der Waals surface area contributed by atoms with Crippen molar-refractivity contribution in [3.05, 3.63) is 29.3 Å². The third-order valence-electron chi connectivity index (χ3n) is 5.63. The molecule has 1 aromatic carbocycles. The minimum absolute atomic E-state index is 0.0719. The third-order valence-corrected chi connectivity index (χ3v) is 5.63. The molecule has 0 aromatic heterocycles. The highest BCUT2D eigenvalue weighted by Gasteiger charge is 2.40. The fraction of sp³-hybridized carbons (Fsp3) is 0.556. The summed E-state index contributed by atoms with van der Waals surface area (Å²) in [6.45, 7) is 1.47. The zero-order chi connectivity index (χ0) is 16.0. The zero-order valence-electron chi connectivity index (χ0n) is 13.4. The lowest BCUT2D eigenvalue weighted by Crippen LogP contribution is -2.38. The average Bonchev–Trinajstić information content (AvgIpc) is 3.18. The molecule has 1 saturated carbocycles. The van der Waals surface area contributed by atoms with Crippen LogP contribution in [0.4, 0.5) is 0 Å². The normalized spacial score (nSPS) is 28.6. The lowest BCUT2D eigenvalue weighted by atomic mass is 9.89. The van der Waals surface area contributed by atoms with Gasteiger partial charge in [-0.15, -0.1) is 0 Å². The largest absolute Gasteiger partial charge is 0.493 e. The number of nitrogens with zero attached hydrogens (tertiary/aromatic N) is 1. The Balaban J connectivity index is 1.47. The second kappa shape index (κ2) is 5.55. The van der Waals surface area contributed by atoms with E-state index in [1.54, 1.807) is 0 Å². The van der Waals surface area contributed by atoms with Gasteiger partial charge in [-0.25, -0.2) is 0 Å². The highest BCUT2D eigenvalue weighted by Crippen LogP contribution is 2.38. The Bertz CT molecular complexity index is 658. The Labute approximate surface area is 136 Å². The van der Waals surface area contributed by atoms with E-state index in [4.69, 9.17) is 4.74 Å². The molecule has 2 amide bonds. The van der Waals surface area contributed by atoms with Crippen molar-refractivity contribution in [2.45, 2.75) is 31.7 Å². The summed E-state index contributed by atoms with van der Waals surface area (Å²) < 4.78 is 5.50. The van der Waals surface area contributed by atoms with Crippen LogP contribution in [-0.2, 0) is 11.2 Å². The van der Waals surface area contributed by atoms with Gasteiger partial charge in [0.1, 0.15) is 5.75 Å². The number of hydrogen-bond donors (Lipinski definition) is 1. The topological polar surface area (TPSA) is 58.6 Å². The number of amides is 2. The number of carbonyl (C=O) groups is 2. The number of rotatable bonds is 2. The standard InChI is InChI=1S/C18H22N2O3/c1-20(15-7-13-9-17(21)19-10-14(13)8-15)18(22)12-2-3-16-11(6-12)4-5-23-16/h2-3,6,13-15H,4-5,7-10H2,1H3,(H,19,21)/t13-,14+,15-/m0/s1. The third kappa shape index (κ3) is 2.58. The van der Waals surface area contributed by atoms with Crippen molar-refractivity contribution < 1.29 is 14.3 Å². The van der Waals surface area contributed by atoms with E-state index >= 15 is 0 Å². The number of ether oxygens (including phenoxy) is 1. The van der Waals surface area contributed by atoms with Crippen LogP contribution in [0.15, 0.2) is 18.2 Å². The molecular formula is C18H22N2O3. The van der Waals surface area contributed by atoms with E-state index < -0.39 is 0 Å². The minimum Gasteiger partial charge on any atom is -0.493 e. The summed E-state index contributed by atoms with van der Waals surface area (Å²) in [6, 6.07) is 5.96. The second-order valence-electron chi connectivity index (χ2n) is 6.99. The van der Waals surface area contributed by atoms with E-state index in [-0.39, 0.29) is 17.9 Å². The van der Waals surface area contributed by atoms with Crippen molar-refractivity contribution in [2.24, 2.45) is 11.8 Å². The molecule has 1 saturated heterocycles. The number of nitrogens with one attached hydrogen (secondary N) is 1. The molecule has 5 heteroatoms. The molecule has 2 aliphatic heterocycles. The summed E-state index contributed by atoms with van der Waals surface area (Å²) in [5.74, 6) is 2.07. The summed E-state index contributed by atoms with van der Waals surface area (Å²) in [7, 11) is 1.89. The molecule has 3 atom stereocenters. The molecule has 1 aliphatic carbocycles. The Morgan fingerprint density at radius 3 is 3.00 bits per heavy atom. The van der Waals surface area contributed by atoms with Crippen LogP contribution in [0.5, 0.6) is 5.75 Å². The Hall–Kier alpha value is -2.04. The quantitative estimate of drug-likeness (QED) is 0.902. The van der Waals surface area contributed by atoms with Gasteiger partial charge in [-0.2, -0.15) is 0 Å². The van der Waals surface area contributed by atoms with Crippen LogP contribution in [0.3, 0.4) is 0 Å². The smallest absolute Gasteiger partial charge is 0.253 e. The van der Waals surface area contributed by atoms with Crippen LogP contribution in [-0.4, -0.2) is 43.0 Å². The van der Waals surface area contributed by atoms with Gasteiger partial charge in [-0.1, -0.05) is 0 Å². The molecule has 122 valence electrons. The minimum atomic E-state index is 0.0719. The molecule has 4 rings (SSSR count). The maximum absolute atomic E-state index is 12.8. The van der Waals surface area contributed by atoms with Gasteiger partial charge in [0.15, 0.2) is 0 Å². The van der Waals surface area contributed by atoms with Crippen molar-refractivity contribution in [3.8, 4) is 5.75 Å². The molecule has 23 heavy (non-hydrogen) atoms. The summed E-state index contributed by atoms with van der Waals surface area (Å²) in [6.07, 6.45) is 3.41. The maximum Gasteiger partial charge on any atom is 0.253 e. The molecule has 0 bridgehead atoms. The van der Waals surface area contributed by atoms with E-state index in [0.717, 1.165) is 42.7 Å². The van der Waals surface area contributed by atoms with Gasteiger partial charge in [-0.05, 0) is 48.4 Å². The first kappa shape index (κ1) is 14.5. The van der Waals surface area contributed by atoms with Crippen molar-refractivity contribution >= 4 is 11.8 Å². The zero-order valence-corrected chi connectivity index (χ0v) is 13.4. The van der Waals surface area contributed by atoms with Crippen LogP contribution < -0.4 is 10.1 Å². The van der Waals surface area contributed by atoms with E-state index in [1.807, 2.05) is 30.1 Å². The molecule has 2 heterocycles. The fourth-order valence-corrected chi connectivity index (χ4v) is 4.24. The van der Waals surface area contributed by atoms with E-state index in [0.29, 0.717) is 24.9 Å². The van der Waals surface area contributed by atoms with Gasteiger partial charge in [0.05, 0.1) is 6.61 Å². The Morgan fingerprint density at radius 2 is 2.13 bits per heavy atom. The van der Waals surface area contributed by atoms with E-state index in [2.05, 4.69) is 5.32 Å². The van der Waals surface area contributed by atoms with Gasteiger partial charge in [0, 0.05) is 38.0 Å². The van der Waals surface area contributed by atoms with Gasteiger partial charge in [0.25, 0.3) is 5.91 Å². The number of benzene rings is 1. The fourth-order valence-electron chi connectivity index (χ4n) is 4.24. The number of carbonyl (C=O) groups excluding carboxylic acids is 2. The van der Waals surface area contributed by atoms with Crippen LogP contribution in [0.25, 0.3) is 0 Å². The SMILES string of the molecule is CN(C(=O)c1ccc2c(c1)CCO2)[C@H]1C[C@H]2CC(=O)NC[C@H]2C1. The van der Waals surface area contributed by atoms with Gasteiger partial charge >= 0.3 is 0 Å². The van der Waals surface area contributed by atoms with Crippen LogP contribution in [0.2, 0.25) is 0 Å². The molecule has 1 aromatic rings. The van der Waals surface area contributed by atoms with Crippen LogP contribution in [0.1, 0.15) is 35.2 Å². The molecule has 1 N–H and O–H groups in total. The van der Waals surface area contributed by atoms with Gasteiger partial charge in [-0.3, -0.25) is 9.59 Å². The van der Waals surface area contributed by atoms with Gasteiger partial charge < -0.3 is 15.0 Å². The molecule has 0 spiro atoms. The van der Waals surface area contributed by atoms with E-state index in [1.165, 1.54) is 0 Å². The summed E-state index contributed by atoms with van der Waals surface area (Å²) in [5.41, 5.74) is 1.86. The lowest BCUT2D eigenvalue weighted by Gasteiger charge is -2.25. The van der Waals surface area contributed by atoms with Gasteiger partial charge in [0.2, 0.25) is 5.91 Å². The lowest BCUT2D eigenvalue weighted by molar-refractivity contribution is -0.124. The van der Waals surface area contributed by atoms with Crippen LogP contribution >= 0.6 is 0 Å². The average molecular weight is 314 g/mol. The van der Waals surface area contributed by atoms with Crippen molar-refractivity contribution in [2.75, 3.05) is 20.2 Å². The maximum atomic E-state index is 12.8. The van der Waals surface area contributed by atoms with Crippen LogP contribution in [0, 0.1) is 11.8 Å².